The van der Waals surface area contributed by atoms with Gasteiger partial charge in [-0.3, -0.25) is 13.9 Å². The highest BCUT2D eigenvalue weighted by atomic mass is 35.5. The van der Waals surface area contributed by atoms with Crippen molar-refractivity contribution in [3.8, 4) is 0 Å². The quantitative estimate of drug-likeness (QED) is 0.693. The number of anilines is 2. The molecule has 0 N–H and O–H groups in total. The maximum atomic E-state index is 13.1. The van der Waals surface area contributed by atoms with Crippen LogP contribution in [0.1, 0.15) is 20.3 Å². The summed E-state index contributed by atoms with van der Waals surface area (Å²) in [5, 5.41) is 0.669. The largest absolute Gasteiger partial charge is 0.332 e. The lowest BCUT2D eigenvalue weighted by atomic mass is 10.1. The van der Waals surface area contributed by atoms with Crippen molar-refractivity contribution >= 4 is 34.4 Å². The van der Waals surface area contributed by atoms with E-state index in [0.29, 0.717) is 41.1 Å². The molecule has 1 unspecified atom stereocenters. The van der Waals surface area contributed by atoms with Crippen molar-refractivity contribution in [2.45, 2.75) is 33.4 Å². The Balaban J connectivity index is 2.00. The van der Waals surface area contributed by atoms with E-state index in [1.54, 1.807) is 7.05 Å². The van der Waals surface area contributed by atoms with E-state index in [9.17, 15) is 9.59 Å². The standard InChI is InChI=1S/C19H22ClN5O2/c1-4-9-23-17(26)15-16(22(3)19(23)27)21-18-24(10-12(2)11-25(15)18)14-7-5-13(20)6-8-14/h5-8,12H,4,9-11H2,1-3H3. The summed E-state index contributed by atoms with van der Waals surface area (Å²) in [5.41, 5.74) is 1.29. The minimum Gasteiger partial charge on any atom is -0.312 e. The molecule has 8 heteroatoms. The van der Waals surface area contributed by atoms with Gasteiger partial charge in [0.2, 0.25) is 5.95 Å². The van der Waals surface area contributed by atoms with E-state index in [-0.39, 0.29) is 11.2 Å². The van der Waals surface area contributed by atoms with E-state index in [1.807, 2.05) is 35.8 Å². The summed E-state index contributed by atoms with van der Waals surface area (Å²) in [4.78, 5) is 32.5. The van der Waals surface area contributed by atoms with Crippen molar-refractivity contribution < 1.29 is 0 Å². The summed E-state index contributed by atoms with van der Waals surface area (Å²) in [7, 11) is 1.67. The van der Waals surface area contributed by atoms with Gasteiger partial charge in [0.15, 0.2) is 11.2 Å². The molecule has 0 amide bonds. The monoisotopic (exact) mass is 387 g/mol. The molecule has 1 atom stereocenters. The average molecular weight is 388 g/mol. The van der Waals surface area contributed by atoms with Gasteiger partial charge in [0.05, 0.1) is 0 Å². The summed E-state index contributed by atoms with van der Waals surface area (Å²) in [6, 6.07) is 7.57. The molecule has 0 bridgehead atoms. The van der Waals surface area contributed by atoms with Crippen molar-refractivity contribution in [1.29, 1.82) is 0 Å². The molecule has 0 spiro atoms. The van der Waals surface area contributed by atoms with Crippen LogP contribution < -0.4 is 16.1 Å². The summed E-state index contributed by atoms with van der Waals surface area (Å²) < 4.78 is 4.73. The van der Waals surface area contributed by atoms with E-state index < -0.39 is 0 Å². The molecule has 1 aliphatic heterocycles. The number of hydrogen-bond donors (Lipinski definition) is 0. The first-order valence-electron chi connectivity index (χ1n) is 9.15. The van der Waals surface area contributed by atoms with Crippen LogP contribution in [0.25, 0.3) is 11.2 Å². The Hall–Kier alpha value is -2.54. The fourth-order valence-corrected chi connectivity index (χ4v) is 3.89. The number of aromatic nitrogens is 4. The molecular formula is C19H22ClN5O2. The molecule has 0 fully saturated rings. The summed E-state index contributed by atoms with van der Waals surface area (Å²) >= 11 is 6.03. The van der Waals surface area contributed by atoms with Crippen LogP contribution in [0.15, 0.2) is 33.9 Å². The van der Waals surface area contributed by atoms with Gasteiger partial charge in [-0.05, 0) is 36.6 Å². The minimum absolute atomic E-state index is 0.265. The van der Waals surface area contributed by atoms with Gasteiger partial charge in [0.1, 0.15) is 0 Å². The lowest BCUT2D eigenvalue weighted by Gasteiger charge is -2.33. The van der Waals surface area contributed by atoms with E-state index in [4.69, 9.17) is 16.6 Å². The molecule has 0 saturated carbocycles. The van der Waals surface area contributed by atoms with Gasteiger partial charge < -0.3 is 9.47 Å². The molecule has 4 rings (SSSR count). The summed E-state index contributed by atoms with van der Waals surface area (Å²) in [5.74, 6) is 1.01. The molecule has 142 valence electrons. The second-order valence-corrected chi connectivity index (χ2v) is 7.62. The smallest absolute Gasteiger partial charge is 0.312 e. The molecule has 3 heterocycles. The number of nitrogens with zero attached hydrogens (tertiary/aromatic N) is 5. The van der Waals surface area contributed by atoms with Gasteiger partial charge in [-0.15, -0.1) is 0 Å². The first kappa shape index (κ1) is 17.9. The lowest BCUT2D eigenvalue weighted by molar-refractivity contribution is 0.457. The Labute approximate surface area is 161 Å². The van der Waals surface area contributed by atoms with Gasteiger partial charge in [0.25, 0.3) is 5.56 Å². The van der Waals surface area contributed by atoms with E-state index in [0.717, 1.165) is 18.7 Å². The number of fused-ring (bicyclic) bond motifs is 3. The molecule has 0 radical (unpaired) electrons. The van der Waals surface area contributed by atoms with Gasteiger partial charge in [0, 0.05) is 37.4 Å². The van der Waals surface area contributed by atoms with Crippen LogP contribution in [0.4, 0.5) is 11.6 Å². The van der Waals surface area contributed by atoms with Crippen LogP contribution in [0.5, 0.6) is 0 Å². The Morgan fingerprint density at radius 1 is 1.19 bits per heavy atom. The van der Waals surface area contributed by atoms with Crippen LogP contribution in [-0.2, 0) is 20.1 Å². The molecule has 0 aliphatic carbocycles. The molecule has 1 aliphatic rings. The van der Waals surface area contributed by atoms with Crippen LogP contribution in [0, 0.1) is 5.92 Å². The van der Waals surface area contributed by atoms with Crippen LogP contribution in [-0.4, -0.2) is 25.2 Å². The molecule has 1 aromatic carbocycles. The van der Waals surface area contributed by atoms with Crippen LogP contribution in [0.3, 0.4) is 0 Å². The molecule has 27 heavy (non-hydrogen) atoms. The maximum absolute atomic E-state index is 13.1. The van der Waals surface area contributed by atoms with Gasteiger partial charge in [-0.2, -0.15) is 4.98 Å². The Kier molecular flexibility index (Phi) is 4.34. The van der Waals surface area contributed by atoms with Gasteiger partial charge >= 0.3 is 5.69 Å². The Bertz CT molecular complexity index is 1130. The van der Waals surface area contributed by atoms with Crippen LogP contribution >= 0.6 is 11.6 Å². The fourth-order valence-electron chi connectivity index (χ4n) is 3.76. The molecule has 7 nitrogen and oxygen atoms in total. The number of rotatable bonds is 3. The molecular weight excluding hydrogens is 366 g/mol. The average Bonchev–Trinajstić information content (AvgIpc) is 3.03. The highest BCUT2D eigenvalue weighted by Crippen LogP contribution is 2.33. The van der Waals surface area contributed by atoms with E-state index in [2.05, 4.69) is 11.8 Å². The number of halogens is 1. The predicted molar refractivity (Wildman–Crippen MR) is 107 cm³/mol. The number of aryl methyl sites for hydroxylation is 1. The zero-order valence-corrected chi connectivity index (χ0v) is 16.4. The van der Waals surface area contributed by atoms with Crippen LogP contribution in [0.2, 0.25) is 5.02 Å². The molecule has 0 saturated heterocycles. The lowest BCUT2D eigenvalue weighted by Crippen LogP contribution is -2.40. The maximum Gasteiger partial charge on any atom is 0.332 e. The number of benzene rings is 1. The highest BCUT2D eigenvalue weighted by Gasteiger charge is 2.29. The summed E-state index contributed by atoms with van der Waals surface area (Å²) in [6.45, 7) is 5.96. The van der Waals surface area contributed by atoms with E-state index >= 15 is 0 Å². The third-order valence-electron chi connectivity index (χ3n) is 5.03. The Morgan fingerprint density at radius 3 is 2.56 bits per heavy atom. The second-order valence-electron chi connectivity index (χ2n) is 7.19. The van der Waals surface area contributed by atoms with Crippen molar-refractivity contribution in [3.05, 3.63) is 50.1 Å². The number of hydrogen-bond acceptors (Lipinski definition) is 4. The van der Waals surface area contributed by atoms with Gasteiger partial charge in [-0.25, -0.2) is 4.79 Å². The van der Waals surface area contributed by atoms with Crippen molar-refractivity contribution in [2.75, 3.05) is 11.4 Å². The minimum atomic E-state index is -0.323. The zero-order chi connectivity index (χ0) is 19.3. The molecule has 3 aromatic rings. The first-order chi connectivity index (χ1) is 12.9. The van der Waals surface area contributed by atoms with Crippen molar-refractivity contribution in [3.63, 3.8) is 0 Å². The zero-order valence-electron chi connectivity index (χ0n) is 15.6. The third-order valence-corrected chi connectivity index (χ3v) is 5.28. The second kappa shape index (κ2) is 6.56. The normalized spacial score (nSPS) is 16.7. The Morgan fingerprint density at radius 2 is 1.89 bits per heavy atom. The SMILES string of the molecule is CCCn1c(=O)c2c(nc3n2CC(C)CN3c2ccc(Cl)cc2)n(C)c1=O. The van der Waals surface area contributed by atoms with E-state index in [1.165, 1.54) is 9.13 Å². The molecule has 2 aromatic heterocycles. The third kappa shape index (κ3) is 2.77. The summed E-state index contributed by atoms with van der Waals surface area (Å²) in [6.07, 6.45) is 0.717. The topological polar surface area (TPSA) is 65.1 Å². The van der Waals surface area contributed by atoms with Gasteiger partial charge in [-0.1, -0.05) is 25.4 Å². The fraction of sp³-hybridized carbons (Fsp3) is 0.421. The van der Waals surface area contributed by atoms with Crippen molar-refractivity contribution in [1.82, 2.24) is 18.7 Å². The first-order valence-corrected chi connectivity index (χ1v) is 9.53. The highest BCUT2D eigenvalue weighted by molar-refractivity contribution is 6.30. The number of imidazole rings is 1. The van der Waals surface area contributed by atoms with Crippen molar-refractivity contribution in [2.24, 2.45) is 13.0 Å². The predicted octanol–water partition coefficient (Wildman–Crippen LogP) is 2.75.